The SMILES string of the molecule is O=c1c2ccncc2c2ccc3c(c4ccccc4n3-c3ccccc3)c2c(=O)n1-c1c2ccccc2nc2ccccc12. The molecule has 6 heteroatoms. The van der Waals surface area contributed by atoms with Crippen molar-refractivity contribution in [2.24, 2.45) is 0 Å². The van der Waals surface area contributed by atoms with Crippen molar-refractivity contribution >= 4 is 65.2 Å². The van der Waals surface area contributed by atoms with Crippen LogP contribution in [0.25, 0.3) is 76.5 Å². The maximum absolute atomic E-state index is 15.3. The highest BCUT2D eigenvalue weighted by Gasteiger charge is 2.22. The monoisotopic (exact) mass is 566 g/mol. The first-order valence-electron chi connectivity index (χ1n) is 14.4. The first-order valence-corrected chi connectivity index (χ1v) is 14.4. The van der Waals surface area contributed by atoms with Gasteiger partial charge >= 0.3 is 0 Å². The fraction of sp³-hybridized carbons (Fsp3) is 0. The third kappa shape index (κ3) is 3.30. The summed E-state index contributed by atoms with van der Waals surface area (Å²) in [6.45, 7) is 0. The largest absolute Gasteiger partial charge is 0.309 e. The van der Waals surface area contributed by atoms with Gasteiger partial charge in [0.1, 0.15) is 0 Å². The summed E-state index contributed by atoms with van der Waals surface area (Å²) in [7, 11) is 0. The Morgan fingerprint density at radius 2 is 1.11 bits per heavy atom. The smallest absolute Gasteiger partial charge is 0.266 e. The van der Waals surface area contributed by atoms with Gasteiger partial charge in [0, 0.05) is 45.0 Å². The lowest BCUT2D eigenvalue weighted by molar-refractivity contribution is 0.993. The molecular formula is C38H22N4O2. The van der Waals surface area contributed by atoms with E-state index in [1.54, 1.807) is 18.5 Å². The van der Waals surface area contributed by atoms with Gasteiger partial charge in [-0.05, 0) is 47.9 Å². The predicted octanol–water partition coefficient (Wildman–Crippen LogP) is 7.70. The van der Waals surface area contributed by atoms with Crippen LogP contribution in [0.2, 0.25) is 0 Å². The second-order valence-electron chi connectivity index (χ2n) is 10.9. The van der Waals surface area contributed by atoms with Crippen LogP contribution < -0.4 is 11.1 Å². The van der Waals surface area contributed by atoms with Crippen LogP contribution >= 0.6 is 0 Å². The number of benzene rings is 5. The molecule has 9 aromatic rings. The summed E-state index contributed by atoms with van der Waals surface area (Å²) in [5, 5.41) is 5.38. The van der Waals surface area contributed by atoms with Gasteiger partial charge in [-0.25, -0.2) is 9.55 Å². The van der Waals surface area contributed by atoms with Crippen LogP contribution in [-0.4, -0.2) is 19.1 Å². The van der Waals surface area contributed by atoms with Gasteiger partial charge in [0.15, 0.2) is 0 Å². The topological polar surface area (TPSA) is 69.8 Å². The number of hydrogen-bond donors (Lipinski definition) is 0. The Kier molecular flexibility index (Phi) is 5.10. The Morgan fingerprint density at radius 3 is 1.86 bits per heavy atom. The molecule has 44 heavy (non-hydrogen) atoms. The van der Waals surface area contributed by atoms with Crippen LogP contribution in [0.4, 0.5) is 0 Å². The molecule has 0 aliphatic rings. The Bertz CT molecular complexity index is 2710. The molecule has 0 radical (unpaired) electrons. The van der Waals surface area contributed by atoms with Gasteiger partial charge in [-0.3, -0.25) is 14.6 Å². The van der Waals surface area contributed by atoms with E-state index in [1.165, 1.54) is 4.57 Å². The fourth-order valence-electron chi connectivity index (χ4n) is 6.74. The predicted molar refractivity (Wildman–Crippen MR) is 178 cm³/mol. The lowest BCUT2D eigenvalue weighted by Crippen LogP contribution is -2.29. The average molecular weight is 567 g/mol. The minimum atomic E-state index is -0.398. The van der Waals surface area contributed by atoms with E-state index in [2.05, 4.69) is 27.8 Å². The van der Waals surface area contributed by atoms with Gasteiger partial charge in [0.25, 0.3) is 11.1 Å². The van der Waals surface area contributed by atoms with E-state index in [9.17, 15) is 4.79 Å². The third-order valence-corrected chi connectivity index (χ3v) is 8.60. The highest BCUT2D eigenvalue weighted by atomic mass is 16.2. The standard InChI is InChI=1S/C38H22N4O2/c43-37-25-20-21-39-22-29(25)24-18-19-33-34(28-14-6-9-17-32(28)41(33)23-10-2-1-3-11-23)35(24)38(44)42(37)36-26-12-4-7-15-30(26)40-31-16-8-5-13-27(31)36/h1-22H. The van der Waals surface area contributed by atoms with Gasteiger partial charge in [-0.1, -0.05) is 78.9 Å². The van der Waals surface area contributed by atoms with E-state index < -0.39 is 5.56 Å². The fourth-order valence-corrected chi connectivity index (χ4v) is 6.74. The Balaban J connectivity index is 1.61. The molecule has 0 aliphatic carbocycles. The number of aromatic nitrogens is 4. The number of para-hydroxylation sites is 4. The summed E-state index contributed by atoms with van der Waals surface area (Å²) in [6.07, 6.45) is 3.29. The van der Waals surface area contributed by atoms with Crippen molar-refractivity contribution in [2.75, 3.05) is 0 Å². The van der Waals surface area contributed by atoms with E-state index in [-0.39, 0.29) is 5.56 Å². The van der Waals surface area contributed by atoms with E-state index in [0.717, 1.165) is 38.3 Å². The summed E-state index contributed by atoms with van der Waals surface area (Å²) >= 11 is 0. The number of rotatable bonds is 2. The lowest BCUT2D eigenvalue weighted by Gasteiger charge is -2.12. The van der Waals surface area contributed by atoms with Crippen LogP contribution in [0.15, 0.2) is 143 Å². The number of nitrogens with zero attached hydrogens (tertiary/aromatic N) is 4. The van der Waals surface area contributed by atoms with Gasteiger partial charge in [-0.15, -0.1) is 0 Å². The summed E-state index contributed by atoms with van der Waals surface area (Å²) in [4.78, 5) is 39.2. The Hall–Kier alpha value is -6.14. The molecule has 0 saturated carbocycles. The van der Waals surface area contributed by atoms with Crippen molar-refractivity contribution in [1.29, 1.82) is 0 Å². The van der Waals surface area contributed by atoms with Crippen LogP contribution in [0.3, 0.4) is 0 Å². The molecule has 0 atom stereocenters. The molecule has 0 unspecified atom stereocenters. The van der Waals surface area contributed by atoms with Crippen molar-refractivity contribution in [3.63, 3.8) is 0 Å². The highest BCUT2D eigenvalue weighted by Crippen LogP contribution is 2.37. The lowest BCUT2D eigenvalue weighted by atomic mass is 10.0. The minimum absolute atomic E-state index is 0.385. The van der Waals surface area contributed by atoms with Crippen molar-refractivity contribution in [3.05, 3.63) is 154 Å². The molecule has 0 fully saturated rings. The summed E-state index contributed by atoms with van der Waals surface area (Å²) in [5.74, 6) is 0. The highest BCUT2D eigenvalue weighted by molar-refractivity contribution is 6.24. The second-order valence-corrected chi connectivity index (χ2v) is 10.9. The summed E-state index contributed by atoms with van der Waals surface area (Å²) < 4.78 is 3.54. The summed E-state index contributed by atoms with van der Waals surface area (Å²) in [6, 6.07) is 39.2. The maximum atomic E-state index is 15.3. The Labute approximate surface area is 249 Å². The molecular weight excluding hydrogens is 544 g/mol. The van der Waals surface area contributed by atoms with E-state index in [1.807, 2.05) is 97.1 Å². The minimum Gasteiger partial charge on any atom is -0.309 e. The van der Waals surface area contributed by atoms with Gasteiger partial charge in [-0.2, -0.15) is 0 Å². The molecule has 206 valence electrons. The number of pyridine rings is 2. The summed E-state index contributed by atoms with van der Waals surface area (Å²) in [5.41, 5.74) is 4.01. The molecule has 0 saturated heterocycles. The zero-order valence-electron chi connectivity index (χ0n) is 23.3. The molecule has 0 amide bonds. The normalized spacial score (nSPS) is 11.8. The number of fused-ring (bicyclic) bond motifs is 9. The van der Waals surface area contributed by atoms with Crippen molar-refractivity contribution in [3.8, 4) is 11.4 Å². The van der Waals surface area contributed by atoms with Crippen molar-refractivity contribution in [2.45, 2.75) is 0 Å². The van der Waals surface area contributed by atoms with E-state index in [0.29, 0.717) is 38.3 Å². The van der Waals surface area contributed by atoms with Crippen LogP contribution in [-0.2, 0) is 0 Å². The molecule has 0 bridgehead atoms. The number of hydrogen-bond acceptors (Lipinski definition) is 4. The van der Waals surface area contributed by atoms with Crippen LogP contribution in [0, 0.1) is 0 Å². The first-order chi connectivity index (χ1) is 21.7. The van der Waals surface area contributed by atoms with Crippen molar-refractivity contribution in [1.82, 2.24) is 19.1 Å². The zero-order valence-corrected chi connectivity index (χ0v) is 23.3. The van der Waals surface area contributed by atoms with Crippen molar-refractivity contribution < 1.29 is 0 Å². The van der Waals surface area contributed by atoms with E-state index in [4.69, 9.17) is 4.98 Å². The molecule has 4 heterocycles. The third-order valence-electron chi connectivity index (χ3n) is 8.60. The maximum Gasteiger partial charge on any atom is 0.266 e. The molecule has 6 nitrogen and oxygen atoms in total. The molecule has 0 N–H and O–H groups in total. The molecule has 5 aromatic carbocycles. The second kappa shape index (κ2) is 9.18. The van der Waals surface area contributed by atoms with Crippen LogP contribution in [0.1, 0.15) is 0 Å². The average Bonchev–Trinajstić information content (AvgIpc) is 3.38. The first kappa shape index (κ1) is 24.5. The zero-order chi connectivity index (χ0) is 29.4. The quantitative estimate of drug-likeness (QED) is 0.201. The molecule has 4 aromatic heterocycles. The molecule has 0 spiro atoms. The van der Waals surface area contributed by atoms with E-state index >= 15 is 4.79 Å². The van der Waals surface area contributed by atoms with Crippen LogP contribution in [0.5, 0.6) is 0 Å². The Morgan fingerprint density at radius 1 is 0.455 bits per heavy atom. The van der Waals surface area contributed by atoms with Gasteiger partial charge in [0.05, 0.1) is 38.5 Å². The van der Waals surface area contributed by atoms with Gasteiger partial charge in [0.2, 0.25) is 0 Å². The molecule has 0 aliphatic heterocycles. The molecule has 9 rings (SSSR count). The van der Waals surface area contributed by atoms with Gasteiger partial charge < -0.3 is 4.57 Å².